The lowest BCUT2D eigenvalue weighted by Crippen LogP contribution is -2.29. The molecule has 0 rings (SSSR count). The van der Waals surface area contributed by atoms with Crippen molar-refractivity contribution in [2.75, 3.05) is 24.3 Å². The lowest BCUT2D eigenvalue weighted by molar-refractivity contribution is 0.554. The zero-order valence-corrected chi connectivity index (χ0v) is 12.5. The van der Waals surface area contributed by atoms with Crippen molar-refractivity contribution in [3.63, 3.8) is 0 Å². The van der Waals surface area contributed by atoms with Crippen LogP contribution in [0.4, 0.5) is 0 Å². The molecule has 0 aromatic heterocycles. The SMILES string of the molecule is CCS(=O)(=O)CCCC(CSC(C)C)NC. The molecule has 1 atom stereocenters. The summed E-state index contributed by atoms with van der Waals surface area (Å²) >= 11 is 1.92. The Balaban J connectivity index is 3.79. The average Bonchev–Trinajstić information content (AvgIpc) is 2.22. The van der Waals surface area contributed by atoms with E-state index in [0.29, 0.717) is 17.0 Å². The number of sulfone groups is 1. The fourth-order valence-electron chi connectivity index (χ4n) is 1.31. The summed E-state index contributed by atoms with van der Waals surface area (Å²) in [6.45, 7) is 6.07. The topological polar surface area (TPSA) is 46.2 Å². The summed E-state index contributed by atoms with van der Waals surface area (Å²) in [5.41, 5.74) is 0. The molecule has 5 heteroatoms. The molecule has 0 saturated heterocycles. The highest BCUT2D eigenvalue weighted by atomic mass is 32.2. The molecule has 1 unspecified atom stereocenters. The number of hydrogen-bond acceptors (Lipinski definition) is 4. The maximum absolute atomic E-state index is 11.3. The monoisotopic (exact) mass is 267 g/mol. The number of rotatable bonds is 9. The second kappa shape index (κ2) is 8.37. The van der Waals surface area contributed by atoms with E-state index in [4.69, 9.17) is 0 Å². The predicted octanol–water partition coefficient (Wildman–Crippen LogP) is 1.93. The van der Waals surface area contributed by atoms with Crippen molar-refractivity contribution in [2.45, 2.75) is 44.9 Å². The molecule has 0 aromatic rings. The van der Waals surface area contributed by atoms with Crippen molar-refractivity contribution < 1.29 is 8.42 Å². The van der Waals surface area contributed by atoms with Gasteiger partial charge in [-0.3, -0.25) is 0 Å². The summed E-state index contributed by atoms with van der Waals surface area (Å²) < 4.78 is 22.6. The van der Waals surface area contributed by atoms with Gasteiger partial charge in [0, 0.05) is 17.5 Å². The normalized spacial score (nSPS) is 14.3. The lowest BCUT2D eigenvalue weighted by Gasteiger charge is -2.16. The standard InChI is InChI=1S/C11H25NO2S2/c1-5-16(13,14)8-6-7-11(12-4)9-15-10(2)3/h10-12H,5-9H2,1-4H3. The molecule has 0 amide bonds. The third-order valence-electron chi connectivity index (χ3n) is 2.49. The maximum atomic E-state index is 11.3. The number of thioether (sulfide) groups is 1. The van der Waals surface area contributed by atoms with E-state index in [1.165, 1.54) is 0 Å². The third-order valence-corrected chi connectivity index (χ3v) is 5.54. The molecule has 98 valence electrons. The Morgan fingerprint density at radius 3 is 2.38 bits per heavy atom. The van der Waals surface area contributed by atoms with Gasteiger partial charge in [-0.2, -0.15) is 11.8 Å². The van der Waals surface area contributed by atoms with Crippen LogP contribution in [0.2, 0.25) is 0 Å². The first-order valence-corrected chi connectivity index (χ1v) is 8.77. The van der Waals surface area contributed by atoms with E-state index in [0.717, 1.165) is 18.6 Å². The fourth-order valence-corrected chi connectivity index (χ4v) is 3.16. The summed E-state index contributed by atoms with van der Waals surface area (Å²) in [5.74, 6) is 1.65. The summed E-state index contributed by atoms with van der Waals surface area (Å²) in [6, 6.07) is 0.430. The smallest absolute Gasteiger partial charge is 0.150 e. The second-order valence-electron chi connectivity index (χ2n) is 4.25. The molecular formula is C11H25NO2S2. The Hall–Kier alpha value is 0.260. The van der Waals surface area contributed by atoms with E-state index in [2.05, 4.69) is 19.2 Å². The van der Waals surface area contributed by atoms with E-state index in [1.807, 2.05) is 18.8 Å². The van der Waals surface area contributed by atoms with Crippen LogP contribution >= 0.6 is 11.8 Å². The molecule has 0 aliphatic heterocycles. The maximum Gasteiger partial charge on any atom is 0.150 e. The molecule has 0 spiro atoms. The first-order chi connectivity index (χ1) is 7.41. The van der Waals surface area contributed by atoms with Crippen LogP contribution < -0.4 is 5.32 Å². The van der Waals surface area contributed by atoms with Gasteiger partial charge >= 0.3 is 0 Å². The molecule has 0 saturated carbocycles. The van der Waals surface area contributed by atoms with Crippen molar-refractivity contribution in [1.29, 1.82) is 0 Å². The Labute approximate surface area is 105 Å². The minimum Gasteiger partial charge on any atom is -0.316 e. The fraction of sp³-hybridized carbons (Fsp3) is 1.00. The van der Waals surface area contributed by atoms with Crippen LogP contribution in [-0.4, -0.2) is 44.0 Å². The first kappa shape index (κ1) is 16.3. The number of hydrogen-bond donors (Lipinski definition) is 1. The van der Waals surface area contributed by atoms with Gasteiger partial charge in [0.05, 0.1) is 5.75 Å². The van der Waals surface area contributed by atoms with Crippen LogP contribution in [0, 0.1) is 0 Å². The van der Waals surface area contributed by atoms with E-state index in [9.17, 15) is 8.42 Å². The summed E-state index contributed by atoms with van der Waals surface area (Å²) in [7, 11) is -0.845. The van der Waals surface area contributed by atoms with Gasteiger partial charge < -0.3 is 5.32 Å². The van der Waals surface area contributed by atoms with Crippen LogP contribution in [-0.2, 0) is 9.84 Å². The minimum atomic E-state index is -2.79. The highest BCUT2D eigenvalue weighted by molar-refractivity contribution is 7.99. The molecule has 0 heterocycles. The summed E-state index contributed by atoms with van der Waals surface area (Å²) in [5, 5.41) is 3.88. The summed E-state index contributed by atoms with van der Waals surface area (Å²) in [4.78, 5) is 0. The Bertz CT molecular complexity index is 263. The van der Waals surface area contributed by atoms with Gasteiger partial charge in [-0.1, -0.05) is 20.8 Å². The molecule has 0 bridgehead atoms. The zero-order chi connectivity index (χ0) is 12.6. The van der Waals surface area contributed by atoms with Gasteiger partial charge in [0.15, 0.2) is 0 Å². The van der Waals surface area contributed by atoms with Crippen LogP contribution in [0.3, 0.4) is 0 Å². The largest absolute Gasteiger partial charge is 0.316 e. The molecule has 0 radical (unpaired) electrons. The van der Waals surface area contributed by atoms with E-state index in [-0.39, 0.29) is 5.75 Å². The van der Waals surface area contributed by atoms with E-state index >= 15 is 0 Å². The highest BCUT2D eigenvalue weighted by Crippen LogP contribution is 2.13. The van der Waals surface area contributed by atoms with E-state index < -0.39 is 9.84 Å². The van der Waals surface area contributed by atoms with Gasteiger partial charge in [0.25, 0.3) is 0 Å². The van der Waals surface area contributed by atoms with Crippen molar-refractivity contribution in [1.82, 2.24) is 5.32 Å². The molecule has 3 nitrogen and oxygen atoms in total. The molecule has 1 N–H and O–H groups in total. The number of nitrogens with one attached hydrogen (secondary N) is 1. The zero-order valence-electron chi connectivity index (χ0n) is 10.8. The van der Waals surface area contributed by atoms with Gasteiger partial charge in [-0.15, -0.1) is 0 Å². The minimum absolute atomic E-state index is 0.262. The van der Waals surface area contributed by atoms with Gasteiger partial charge in [-0.05, 0) is 25.1 Å². The van der Waals surface area contributed by atoms with Crippen molar-refractivity contribution in [2.24, 2.45) is 0 Å². The average molecular weight is 267 g/mol. The van der Waals surface area contributed by atoms with Gasteiger partial charge in [0.1, 0.15) is 9.84 Å². The second-order valence-corrected chi connectivity index (χ2v) is 8.33. The van der Waals surface area contributed by atoms with Crippen molar-refractivity contribution >= 4 is 21.6 Å². The Morgan fingerprint density at radius 2 is 1.94 bits per heavy atom. The van der Waals surface area contributed by atoms with Crippen LogP contribution in [0.25, 0.3) is 0 Å². The van der Waals surface area contributed by atoms with E-state index in [1.54, 1.807) is 6.92 Å². The van der Waals surface area contributed by atoms with Gasteiger partial charge in [0.2, 0.25) is 0 Å². The Morgan fingerprint density at radius 1 is 1.31 bits per heavy atom. The molecule has 0 fully saturated rings. The van der Waals surface area contributed by atoms with Crippen molar-refractivity contribution in [3.05, 3.63) is 0 Å². The van der Waals surface area contributed by atoms with Crippen LogP contribution in [0.15, 0.2) is 0 Å². The molecule has 0 aliphatic rings. The first-order valence-electron chi connectivity index (χ1n) is 5.90. The van der Waals surface area contributed by atoms with Crippen LogP contribution in [0.5, 0.6) is 0 Å². The highest BCUT2D eigenvalue weighted by Gasteiger charge is 2.11. The van der Waals surface area contributed by atoms with Crippen molar-refractivity contribution in [3.8, 4) is 0 Å². The third kappa shape index (κ3) is 8.42. The lowest BCUT2D eigenvalue weighted by atomic mass is 10.2. The predicted molar refractivity (Wildman–Crippen MR) is 74.0 cm³/mol. The molecule has 0 aromatic carbocycles. The Kier molecular flexibility index (Phi) is 8.50. The quantitative estimate of drug-likeness (QED) is 0.693. The van der Waals surface area contributed by atoms with Gasteiger partial charge in [-0.25, -0.2) is 8.42 Å². The molecule has 0 aliphatic carbocycles. The van der Waals surface area contributed by atoms with Crippen LogP contribution in [0.1, 0.15) is 33.6 Å². The molecular weight excluding hydrogens is 242 g/mol. The molecule has 16 heavy (non-hydrogen) atoms. The summed E-state index contributed by atoms with van der Waals surface area (Å²) in [6.07, 6.45) is 1.70.